The largest absolute Gasteiger partial charge is 0.382 e. The van der Waals surface area contributed by atoms with Gasteiger partial charge in [0.1, 0.15) is 16.6 Å². The Hall–Kier alpha value is -1.32. The zero-order valence-electron chi connectivity index (χ0n) is 9.90. The minimum atomic E-state index is 0.335. The highest BCUT2D eigenvalue weighted by Gasteiger charge is 2.14. The Bertz CT molecular complexity index is 379. The van der Waals surface area contributed by atoms with Gasteiger partial charge in [-0.25, -0.2) is 0 Å². The van der Waals surface area contributed by atoms with E-state index in [4.69, 9.17) is 11.0 Å². The first-order valence-corrected chi connectivity index (χ1v) is 5.84. The third-order valence-corrected chi connectivity index (χ3v) is 3.23. The van der Waals surface area contributed by atoms with E-state index in [2.05, 4.69) is 15.3 Å². The van der Waals surface area contributed by atoms with Crippen molar-refractivity contribution in [2.45, 2.75) is 6.42 Å². The summed E-state index contributed by atoms with van der Waals surface area (Å²) in [6.07, 6.45) is 1.05. The van der Waals surface area contributed by atoms with Gasteiger partial charge in [0.2, 0.25) is 0 Å². The Morgan fingerprint density at radius 2 is 2.06 bits per heavy atom. The van der Waals surface area contributed by atoms with Crippen LogP contribution in [0.15, 0.2) is 0 Å². The molecule has 0 saturated carbocycles. The van der Waals surface area contributed by atoms with E-state index < -0.39 is 0 Å². The molecule has 0 atom stereocenters. The number of nitrogens with two attached hydrogens (primary N) is 1. The van der Waals surface area contributed by atoms with Gasteiger partial charge in [-0.2, -0.15) is 9.64 Å². The van der Waals surface area contributed by atoms with Crippen molar-refractivity contribution in [1.82, 2.24) is 9.27 Å². The highest BCUT2D eigenvalue weighted by atomic mass is 32.1. The molecule has 1 heterocycles. The summed E-state index contributed by atoms with van der Waals surface area (Å²) in [6, 6.07) is 2.09. The van der Waals surface area contributed by atoms with Crippen LogP contribution in [0.5, 0.6) is 0 Å². The minimum Gasteiger partial charge on any atom is -0.382 e. The number of aromatic nitrogens is 1. The van der Waals surface area contributed by atoms with Crippen molar-refractivity contribution in [3.63, 3.8) is 0 Å². The lowest BCUT2D eigenvalue weighted by atomic mass is 10.3. The fourth-order valence-electron chi connectivity index (χ4n) is 1.38. The standard InChI is InChI=1S/C10H17N5S/c1-14(2)5-4-6-15(3)10-8(7-11)9(12)13-16-10/h4-6H2,1-3H3,(H2,12,13). The number of nitriles is 1. The van der Waals surface area contributed by atoms with Gasteiger partial charge in [0.15, 0.2) is 5.82 Å². The van der Waals surface area contributed by atoms with Crippen LogP contribution in [0.4, 0.5) is 10.8 Å². The maximum absolute atomic E-state index is 8.95. The number of rotatable bonds is 5. The summed E-state index contributed by atoms with van der Waals surface area (Å²) in [7, 11) is 6.06. The Morgan fingerprint density at radius 3 is 2.62 bits per heavy atom. The van der Waals surface area contributed by atoms with Crippen LogP contribution in [-0.2, 0) is 0 Å². The molecule has 88 valence electrons. The molecule has 5 nitrogen and oxygen atoms in total. The molecule has 0 amide bonds. The lowest BCUT2D eigenvalue weighted by molar-refractivity contribution is 0.402. The van der Waals surface area contributed by atoms with Gasteiger partial charge in [-0.15, -0.1) is 0 Å². The fraction of sp³-hybridized carbons (Fsp3) is 0.600. The summed E-state index contributed by atoms with van der Waals surface area (Å²) in [5.74, 6) is 0.335. The van der Waals surface area contributed by atoms with Gasteiger partial charge in [0.05, 0.1) is 0 Å². The molecule has 0 spiro atoms. The van der Waals surface area contributed by atoms with Crippen molar-refractivity contribution < 1.29 is 0 Å². The monoisotopic (exact) mass is 239 g/mol. The normalized spacial score (nSPS) is 10.4. The van der Waals surface area contributed by atoms with Crippen LogP contribution >= 0.6 is 11.5 Å². The number of anilines is 2. The van der Waals surface area contributed by atoms with Gasteiger partial charge in [0, 0.05) is 13.6 Å². The number of hydrogen-bond donors (Lipinski definition) is 1. The topological polar surface area (TPSA) is 69.2 Å². The predicted molar refractivity (Wildman–Crippen MR) is 67.7 cm³/mol. The van der Waals surface area contributed by atoms with E-state index >= 15 is 0 Å². The Morgan fingerprint density at radius 1 is 1.38 bits per heavy atom. The van der Waals surface area contributed by atoms with Crippen LogP contribution in [0.1, 0.15) is 12.0 Å². The molecular weight excluding hydrogens is 222 g/mol. The summed E-state index contributed by atoms with van der Waals surface area (Å²) in [4.78, 5) is 4.18. The van der Waals surface area contributed by atoms with E-state index in [1.807, 2.05) is 26.0 Å². The quantitative estimate of drug-likeness (QED) is 0.829. The summed E-state index contributed by atoms with van der Waals surface area (Å²) < 4.78 is 4.00. The summed E-state index contributed by atoms with van der Waals surface area (Å²) in [6.45, 7) is 1.93. The van der Waals surface area contributed by atoms with Crippen molar-refractivity contribution in [3.05, 3.63) is 5.56 Å². The van der Waals surface area contributed by atoms with Gasteiger partial charge in [-0.3, -0.25) is 0 Å². The molecule has 0 aliphatic heterocycles. The van der Waals surface area contributed by atoms with Crippen molar-refractivity contribution >= 4 is 22.4 Å². The molecule has 1 rings (SSSR count). The Labute approximate surface area is 100 Å². The molecule has 0 fully saturated rings. The third kappa shape index (κ3) is 3.08. The first-order chi connectivity index (χ1) is 7.56. The van der Waals surface area contributed by atoms with Gasteiger partial charge < -0.3 is 15.5 Å². The molecule has 2 N–H and O–H groups in total. The molecule has 1 aromatic heterocycles. The predicted octanol–water partition coefficient (Wildman–Crippen LogP) is 0.985. The molecule has 0 aliphatic carbocycles. The summed E-state index contributed by atoms with van der Waals surface area (Å²) in [5.41, 5.74) is 6.11. The minimum absolute atomic E-state index is 0.335. The van der Waals surface area contributed by atoms with Crippen molar-refractivity contribution in [2.24, 2.45) is 0 Å². The zero-order chi connectivity index (χ0) is 12.1. The van der Waals surface area contributed by atoms with Gasteiger partial charge in [-0.05, 0) is 38.6 Å². The Kier molecular flexibility index (Phi) is 4.52. The molecule has 6 heteroatoms. The van der Waals surface area contributed by atoms with E-state index in [0.717, 1.165) is 24.5 Å². The highest BCUT2D eigenvalue weighted by Crippen LogP contribution is 2.28. The average Bonchev–Trinajstić information content (AvgIpc) is 2.58. The van der Waals surface area contributed by atoms with Crippen molar-refractivity contribution in [3.8, 4) is 6.07 Å². The van der Waals surface area contributed by atoms with Crippen LogP contribution < -0.4 is 10.6 Å². The summed E-state index contributed by atoms with van der Waals surface area (Å²) >= 11 is 1.28. The van der Waals surface area contributed by atoms with E-state index in [1.54, 1.807) is 0 Å². The van der Waals surface area contributed by atoms with E-state index in [0.29, 0.717) is 11.4 Å². The van der Waals surface area contributed by atoms with Crippen LogP contribution in [0.2, 0.25) is 0 Å². The second-order valence-corrected chi connectivity index (χ2v) is 4.69. The smallest absolute Gasteiger partial charge is 0.157 e. The number of hydrogen-bond acceptors (Lipinski definition) is 6. The lowest BCUT2D eigenvalue weighted by Crippen LogP contribution is -2.23. The summed E-state index contributed by atoms with van der Waals surface area (Å²) in [5, 5.41) is 9.81. The van der Waals surface area contributed by atoms with Gasteiger partial charge in [0.25, 0.3) is 0 Å². The van der Waals surface area contributed by atoms with E-state index in [-0.39, 0.29) is 0 Å². The van der Waals surface area contributed by atoms with Crippen molar-refractivity contribution in [2.75, 3.05) is 44.9 Å². The average molecular weight is 239 g/mol. The molecule has 0 radical (unpaired) electrons. The second-order valence-electron chi connectivity index (χ2n) is 3.94. The van der Waals surface area contributed by atoms with Crippen LogP contribution in [0, 0.1) is 11.3 Å². The van der Waals surface area contributed by atoms with Gasteiger partial charge in [-0.1, -0.05) is 0 Å². The first-order valence-electron chi connectivity index (χ1n) is 5.07. The zero-order valence-corrected chi connectivity index (χ0v) is 10.7. The molecule has 0 saturated heterocycles. The molecular formula is C10H17N5S. The SMILES string of the molecule is CN(C)CCCN(C)c1snc(N)c1C#N. The second kappa shape index (κ2) is 5.68. The van der Waals surface area contributed by atoms with Crippen molar-refractivity contribution in [1.29, 1.82) is 5.26 Å². The molecule has 16 heavy (non-hydrogen) atoms. The molecule has 0 unspecified atom stereocenters. The molecule has 0 aromatic carbocycles. The number of nitrogens with zero attached hydrogens (tertiary/aromatic N) is 4. The molecule has 0 bridgehead atoms. The van der Waals surface area contributed by atoms with E-state index in [1.165, 1.54) is 11.5 Å². The maximum Gasteiger partial charge on any atom is 0.157 e. The van der Waals surface area contributed by atoms with Crippen LogP contribution in [0.3, 0.4) is 0 Å². The fourth-order valence-corrected chi connectivity index (χ4v) is 2.13. The number of nitrogen functional groups attached to an aromatic ring is 1. The first kappa shape index (κ1) is 12.7. The molecule has 1 aromatic rings. The maximum atomic E-state index is 8.95. The Balaban J connectivity index is 2.59. The molecule has 0 aliphatic rings. The van der Waals surface area contributed by atoms with Gasteiger partial charge >= 0.3 is 0 Å². The van der Waals surface area contributed by atoms with Crippen LogP contribution in [0.25, 0.3) is 0 Å². The third-order valence-electron chi connectivity index (χ3n) is 2.26. The van der Waals surface area contributed by atoms with Crippen LogP contribution in [-0.4, -0.2) is 43.5 Å². The van der Waals surface area contributed by atoms with E-state index in [9.17, 15) is 0 Å². The highest BCUT2D eigenvalue weighted by molar-refractivity contribution is 7.10. The lowest BCUT2D eigenvalue weighted by Gasteiger charge is -2.18.